The number of allylic oxidation sites excluding steroid dienone is 6. The summed E-state index contributed by atoms with van der Waals surface area (Å²) >= 11 is 0. The molecule has 1 unspecified atom stereocenters. The maximum absolute atomic E-state index is 12.9. The van der Waals surface area contributed by atoms with Crippen LogP contribution in [0, 0.1) is 0 Å². The predicted molar refractivity (Wildman–Crippen MR) is 339 cm³/mol. The Bertz CT molecular complexity index is 1300. The zero-order valence-corrected chi connectivity index (χ0v) is 52.7. The molecule has 0 heterocycles. The third kappa shape index (κ3) is 64.5. The van der Waals surface area contributed by atoms with Gasteiger partial charge in [-0.05, 0) is 89.9 Å². The summed E-state index contributed by atoms with van der Waals surface area (Å²) in [5.74, 6) is -0.861. The van der Waals surface area contributed by atoms with E-state index in [-0.39, 0.29) is 31.1 Å². The van der Waals surface area contributed by atoms with Gasteiger partial charge in [0.1, 0.15) is 13.2 Å². The standard InChI is InChI=1S/C72H134O6/c1-4-7-10-13-16-19-22-24-26-28-30-31-32-33-34-35-36-37-38-39-40-41-43-44-46-48-50-53-56-59-62-65-71(74)77-68-69(67-76-70(73)64-61-58-55-52-21-18-15-12-9-6-3)78-72(75)66-63-60-57-54-51-49-47-45-42-29-27-25-23-20-17-14-11-8-5-2/h12,15,25,27-28,30,69H,4-11,13-14,16-24,26,29,31-68H2,1-3H3/b15-12-,27-25-,30-28-. The minimum atomic E-state index is -0.774. The highest BCUT2D eigenvalue weighted by atomic mass is 16.6. The summed E-state index contributed by atoms with van der Waals surface area (Å²) in [7, 11) is 0. The quantitative estimate of drug-likeness (QED) is 0.0261. The second kappa shape index (κ2) is 67.1. The molecule has 0 aromatic carbocycles. The maximum Gasteiger partial charge on any atom is 0.306 e. The molecule has 0 aliphatic heterocycles. The van der Waals surface area contributed by atoms with Crippen LogP contribution in [0.2, 0.25) is 0 Å². The number of hydrogen-bond donors (Lipinski definition) is 0. The van der Waals surface area contributed by atoms with Crippen molar-refractivity contribution >= 4 is 17.9 Å². The van der Waals surface area contributed by atoms with Crippen LogP contribution in [0.3, 0.4) is 0 Å². The van der Waals surface area contributed by atoms with Gasteiger partial charge >= 0.3 is 17.9 Å². The Morgan fingerprint density at radius 2 is 0.449 bits per heavy atom. The minimum Gasteiger partial charge on any atom is -0.462 e. The van der Waals surface area contributed by atoms with Gasteiger partial charge in [-0.15, -0.1) is 0 Å². The largest absolute Gasteiger partial charge is 0.462 e. The lowest BCUT2D eigenvalue weighted by Crippen LogP contribution is -2.30. The molecular weight excluding hydrogens is 961 g/mol. The van der Waals surface area contributed by atoms with Crippen molar-refractivity contribution in [2.45, 2.75) is 393 Å². The molecule has 0 aliphatic carbocycles. The Hall–Kier alpha value is -2.37. The first-order chi connectivity index (χ1) is 38.5. The fourth-order valence-corrected chi connectivity index (χ4v) is 10.6. The lowest BCUT2D eigenvalue weighted by Gasteiger charge is -2.18. The van der Waals surface area contributed by atoms with Gasteiger partial charge < -0.3 is 14.2 Å². The van der Waals surface area contributed by atoms with Gasteiger partial charge in [-0.3, -0.25) is 14.4 Å². The third-order valence-corrected chi connectivity index (χ3v) is 15.8. The molecule has 0 saturated heterocycles. The molecule has 0 rings (SSSR count). The minimum absolute atomic E-state index is 0.0713. The molecule has 6 nitrogen and oxygen atoms in total. The van der Waals surface area contributed by atoms with Gasteiger partial charge in [0, 0.05) is 19.3 Å². The molecular formula is C72H134O6. The van der Waals surface area contributed by atoms with Crippen LogP contribution in [0.15, 0.2) is 36.5 Å². The topological polar surface area (TPSA) is 78.9 Å². The first-order valence-corrected chi connectivity index (χ1v) is 35.0. The van der Waals surface area contributed by atoms with Gasteiger partial charge in [0.25, 0.3) is 0 Å². The molecule has 0 radical (unpaired) electrons. The number of ether oxygens (including phenoxy) is 3. The van der Waals surface area contributed by atoms with Crippen LogP contribution in [0.4, 0.5) is 0 Å². The van der Waals surface area contributed by atoms with E-state index in [9.17, 15) is 14.4 Å². The number of carbonyl (C=O) groups is 3. The van der Waals surface area contributed by atoms with Crippen molar-refractivity contribution in [2.24, 2.45) is 0 Å². The van der Waals surface area contributed by atoms with Crippen molar-refractivity contribution in [3.05, 3.63) is 36.5 Å². The van der Waals surface area contributed by atoms with Crippen LogP contribution in [-0.4, -0.2) is 37.2 Å². The number of hydrogen-bond acceptors (Lipinski definition) is 6. The highest BCUT2D eigenvalue weighted by molar-refractivity contribution is 5.71. The number of rotatable bonds is 65. The second-order valence-electron chi connectivity index (χ2n) is 23.8. The number of unbranched alkanes of at least 4 members (excludes halogenated alkanes) is 48. The SMILES string of the molecule is CCC/C=C\CCCCCCCC(=O)OCC(COC(=O)CCCCCCCCCCCCCCCCCCCCC/C=C\CCCCCCCCCC)OC(=O)CCCCCCCCCCC/C=C\CCCCCCCC. The van der Waals surface area contributed by atoms with Gasteiger partial charge in [-0.1, -0.05) is 314 Å². The monoisotopic (exact) mass is 1100 g/mol. The summed E-state index contributed by atoms with van der Waals surface area (Å²) in [6, 6.07) is 0. The second-order valence-corrected chi connectivity index (χ2v) is 23.8. The van der Waals surface area contributed by atoms with Gasteiger partial charge in [-0.2, -0.15) is 0 Å². The van der Waals surface area contributed by atoms with E-state index in [1.54, 1.807) is 0 Å². The molecule has 6 heteroatoms. The normalized spacial score (nSPS) is 12.2. The Morgan fingerprint density at radius 3 is 0.692 bits per heavy atom. The summed E-state index contributed by atoms with van der Waals surface area (Å²) in [4.78, 5) is 38.3. The summed E-state index contributed by atoms with van der Waals surface area (Å²) < 4.78 is 16.9. The molecule has 0 fully saturated rings. The van der Waals surface area contributed by atoms with Gasteiger partial charge in [0.15, 0.2) is 6.10 Å². The molecule has 0 aromatic rings. The molecule has 0 amide bonds. The Labute approximate surface area is 486 Å². The lowest BCUT2D eigenvalue weighted by atomic mass is 10.0. The van der Waals surface area contributed by atoms with E-state index < -0.39 is 6.10 Å². The maximum atomic E-state index is 12.9. The van der Waals surface area contributed by atoms with E-state index in [4.69, 9.17) is 14.2 Å². The van der Waals surface area contributed by atoms with E-state index in [1.807, 2.05) is 0 Å². The summed E-state index contributed by atoms with van der Waals surface area (Å²) in [6.07, 6.45) is 83.4. The average molecular weight is 1100 g/mol. The molecule has 0 N–H and O–H groups in total. The van der Waals surface area contributed by atoms with E-state index in [1.165, 1.54) is 276 Å². The van der Waals surface area contributed by atoms with Crippen LogP contribution in [0.1, 0.15) is 387 Å². The Kier molecular flexibility index (Phi) is 65.1. The van der Waals surface area contributed by atoms with Gasteiger partial charge in [-0.25, -0.2) is 0 Å². The van der Waals surface area contributed by atoms with Crippen molar-refractivity contribution in [1.29, 1.82) is 0 Å². The van der Waals surface area contributed by atoms with Crippen LogP contribution >= 0.6 is 0 Å². The molecule has 1 atom stereocenters. The molecule has 0 aliphatic rings. The average Bonchev–Trinajstić information content (AvgIpc) is 3.44. The summed E-state index contributed by atoms with van der Waals surface area (Å²) in [6.45, 7) is 6.63. The molecule has 458 valence electrons. The highest BCUT2D eigenvalue weighted by Gasteiger charge is 2.19. The van der Waals surface area contributed by atoms with Crippen molar-refractivity contribution in [3.63, 3.8) is 0 Å². The zero-order valence-electron chi connectivity index (χ0n) is 52.7. The molecule has 78 heavy (non-hydrogen) atoms. The first kappa shape index (κ1) is 75.6. The fourth-order valence-electron chi connectivity index (χ4n) is 10.6. The fraction of sp³-hybridized carbons (Fsp3) is 0.875. The zero-order chi connectivity index (χ0) is 56.4. The highest BCUT2D eigenvalue weighted by Crippen LogP contribution is 2.18. The van der Waals surface area contributed by atoms with Gasteiger partial charge in [0.2, 0.25) is 0 Å². The van der Waals surface area contributed by atoms with E-state index in [0.717, 1.165) is 70.6 Å². The number of esters is 3. The van der Waals surface area contributed by atoms with E-state index in [0.29, 0.717) is 19.3 Å². The number of carbonyl (C=O) groups excluding carboxylic acids is 3. The molecule has 0 spiro atoms. The smallest absolute Gasteiger partial charge is 0.306 e. The molecule has 0 saturated carbocycles. The van der Waals surface area contributed by atoms with E-state index >= 15 is 0 Å². The molecule has 0 aromatic heterocycles. The van der Waals surface area contributed by atoms with Crippen LogP contribution in [-0.2, 0) is 28.6 Å². The van der Waals surface area contributed by atoms with Crippen LogP contribution < -0.4 is 0 Å². The van der Waals surface area contributed by atoms with E-state index in [2.05, 4.69) is 57.2 Å². The summed E-state index contributed by atoms with van der Waals surface area (Å²) in [5, 5.41) is 0. The van der Waals surface area contributed by atoms with Crippen molar-refractivity contribution in [1.82, 2.24) is 0 Å². The third-order valence-electron chi connectivity index (χ3n) is 15.8. The molecule has 0 bridgehead atoms. The van der Waals surface area contributed by atoms with Crippen LogP contribution in [0.25, 0.3) is 0 Å². The van der Waals surface area contributed by atoms with Crippen molar-refractivity contribution in [2.75, 3.05) is 13.2 Å². The van der Waals surface area contributed by atoms with Crippen LogP contribution in [0.5, 0.6) is 0 Å². The first-order valence-electron chi connectivity index (χ1n) is 35.0. The van der Waals surface area contributed by atoms with Crippen molar-refractivity contribution in [3.8, 4) is 0 Å². The van der Waals surface area contributed by atoms with Gasteiger partial charge in [0.05, 0.1) is 0 Å². The Morgan fingerprint density at radius 1 is 0.244 bits per heavy atom. The van der Waals surface area contributed by atoms with Crippen molar-refractivity contribution < 1.29 is 28.6 Å². The summed E-state index contributed by atoms with van der Waals surface area (Å²) in [5.41, 5.74) is 0. The Balaban J connectivity index is 4.08. The lowest BCUT2D eigenvalue weighted by molar-refractivity contribution is -0.167. The predicted octanol–water partition coefficient (Wildman–Crippen LogP) is 23.9.